The van der Waals surface area contributed by atoms with Gasteiger partial charge in [-0.05, 0) is 29.3 Å². The van der Waals surface area contributed by atoms with Crippen LogP contribution >= 0.6 is 0 Å². The number of rotatable bonds is 5. The van der Waals surface area contributed by atoms with E-state index in [0.717, 1.165) is 5.56 Å². The van der Waals surface area contributed by atoms with E-state index in [0.29, 0.717) is 5.56 Å². The molecular formula is C14H15FN2O2S. The van der Waals surface area contributed by atoms with Gasteiger partial charge in [0.25, 0.3) is 0 Å². The molecule has 1 aromatic carbocycles. The minimum atomic E-state index is -3.44. The number of halogens is 1. The van der Waals surface area contributed by atoms with Crippen LogP contribution in [0, 0.1) is 5.82 Å². The van der Waals surface area contributed by atoms with Gasteiger partial charge in [0.05, 0.1) is 5.75 Å². The van der Waals surface area contributed by atoms with Gasteiger partial charge in [-0.2, -0.15) is 0 Å². The molecule has 1 aromatic heterocycles. The Balaban J connectivity index is 2.08. The van der Waals surface area contributed by atoms with Gasteiger partial charge in [-0.1, -0.05) is 18.2 Å². The van der Waals surface area contributed by atoms with Crippen molar-refractivity contribution in [2.24, 2.45) is 0 Å². The summed E-state index contributed by atoms with van der Waals surface area (Å²) in [5.74, 6) is -0.529. The Bertz CT molecular complexity index is 657. The zero-order chi connectivity index (χ0) is 14.6. The average molecular weight is 294 g/mol. The first-order valence-corrected chi connectivity index (χ1v) is 7.66. The minimum Gasteiger partial charge on any atom is -0.264 e. The van der Waals surface area contributed by atoms with Crippen LogP contribution in [0.4, 0.5) is 4.39 Å². The zero-order valence-corrected chi connectivity index (χ0v) is 11.8. The summed E-state index contributed by atoms with van der Waals surface area (Å²) < 4.78 is 38.5. The fourth-order valence-electron chi connectivity index (χ4n) is 1.75. The second-order valence-corrected chi connectivity index (χ2v) is 6.58. The molecule has 1 heterocycles. The molecule has 20 heavy (non-hydrogen) atoms. The number of pyridine rings is 1. The quantitative estimate of drug-likeness (QED) is 0.849. The Hall–Kier alpha value is -1.79. The summed E-state index contributed by atoms with van der Waals surface area (Å²) in [7, 11) is -1.92. The lowest BCUT2D eigenvalue weighted by Crippen LogP contribution is -2.27. The smallest absolute Gasteiger partial charge is 0.218 e. The second kappa shape index (κ2) is 6.11. The summed E-state index contributed by atoms with van der Waals surface area (Å²) in [6.45, 7) is 0.261. The third-order valence-electron chi connectivity index (χ3n) is 2.87. The van der Waals surface area contributed by atoms with E-state index in [-0.39, 0.29) is 18.1 Å². The molecule has 0 saturated heterocycles. The Morgan fingerprint density at radius 2 is 1.85 bits per heavy atom. The third-order valence-corrected chi connectivity index (χ3v) is 4.64. The molecule has 106 valence electrons. The van der Waals surface area contributed by atoms with Crippen LogP contribution in [0.3, 0.4) is 0 Å². The molecule has 0 bridgehead atoms. The first kappa shape index (κ1) is 14.6. The maximum atomic E-state index is 12.8. The summed E-state index contributed by atoms with van der Waals surface area (Å²) in [6.07, 6.45) is 3.26. The first-order chi connectivity index (χ1) is 9.47. The van der Waals surface area contributed by atoms with Crippen molar-refractivity contribution < 1.29 is 12.8 Å². The second-order valence-electron chi connectivity index (χ2n) is 4.50. The van der Waals surface area contributed by atoms with Gasteiger partial charge in [0, 0.05) is 26.0 Å². The van der Waals surface area contributed by atoms with E-state index in [1.807, 2.05) is 6.07 Å². The number of hydrogen-bond donors (Lipinski definition) is 0. The number of hydrogen-bond acceptors (Lipinski definition) is 3. The van der Waals surface area contributed by atoms with Gasteiger partial charge < -0.3 is 0 Å². The van der Waals surface area contributed by atoms with Crippen LogP contribution < -0.4 is 0 Å². The molecule has 0 N–H and O–H groups in total. The van der Waals surface area contributed by atoms with Gasteiger partial charge in [0.15, 0.2) is 0 Å². The fraction of sp³-hybridized carbons (Fsp3) is 0.214. The van der Waals surface area contributed by atoms with Gasteiger partial charge in [0.1, 0.15) is 5.82 Å². The predicted octanol–water partition coefficient (Wildman–Crippen LogP) is 2.18. The first-order valence-electron chi connectivity index (χ1n) is 6.05. The van der Waals surface area contributed by atoms with Crippen molar-refractivity contribution in [3.63, 3.8) is 0 Å². The van der Waals surface area contributed by atoms with Gasteiger partial charge >= 0.3 is 0 Å². The molecule has 0 fully saturated rings. The van der Waals surface area contributed by atoms with E-state index in [1.54, 1.807) is 18.5 Å². The van der Waals surface area contributed by atoms with Gasteiger partial charge in [-0.3, -0.25) is 4.98 Å². The molecule has 2 aromatic rings. The maximum Gasteiger partial charge on any atom is 0.218 e. The largest absolute Gasteiger partial charge is 0.264 e. The Labute approximate surface area is 117 Å². The minimum absolute atomic E-state index is 0.149. The van der Waals surface area contributed by atoms with E-state index < -0.39 is 10.0 Å². The molecule has 0 unspecified atom stereocenters. The molecule has 6 heteroatoms. The Morgan fingerprint density at radius 1 is 1.15 bits per heavy atom. The van der Waals surface area contributed by atoms with Crippen molar-refractivity contribution in [1.29, 1.82) is 0 Å². The van der Waals surface area contributed by atoms with Crippen LogP contribution in [0.25, 0.3) is 0 Å². The molecule has 0 saturated carbocycles. The molecule has 0 amide bonds. The highest BCUT2D eigenvalue weighted by molar-refractivity contribution is 7.88. The van der Waals surface area contributed by atoms with Crippen molar-refractivity contribution in [2.45, 2.75) is 12.3 Å². The lowest BCUT2D eigenvalue weighted by Gasteiger charge is -2.17. The SMILES string of the molecule is CN(Cc1cccnc1)S(=O)(=O)Cc1ccc(F)cc1. The van der Waals surface area contributed by atoms with E-state index in [9.17, 15) is 12.8 Å². The van der Waals surface area contributed by atoms with Gasteiger partial charge in [-0.25, -0.2) is 17.1 Å². The number of benzene rings is 1. The van der Waals surface area contributed by atoms with Crippen LogP contribution in [0.5, 0.6) is 0 Å². The van der Waals surface area contributed by atoms with Crippen molar-refractivity contribution in [3.8, 4) is 0 Å². The molecular weight excluding hydrogens is 279 g/mol. The summed E-state index contributed by atoms with van der Waals surface area (Å²) in [5, 5.41) is 0. The summed E-state index contributed by atoms with van der Waals surface area (Å²) in [4.78, 5) is 3.95. The molecule has 4 nitrogen and oxygen atoms in total. The highest BCUT2D eigenvalue weighted by Gasteiger charge is 2.18. The molecule has 0 aliphatic carbocycles. The average Bonchev–Trinajstić information content (AvgIpc) is 2.42. The number of sulfonamides is 1. The Kier molecular flexibility index (Phi) is 4.46. The van der Waals surface area contributed by atoms with Gasteiger partial charge in [0.2, 0.25) is 10.0 Å². The summed E-state index contributed by atoms with van der Waals surface area (Å²) in [5.41, 5.74) is 1.38. The van der Waals surface area contributed by atoms with Crippen LogP contribution in [-0.2, 0) is 22.3 Å². The van der Waals surface area contributed by atoms with Crippen molar-refractivity contribution >= 4 is 10.0 Å². The van der Waals surface area contributed by atoms with Crippen LogP contribution in [0.15, 0.2) is 48.8 Å². The Morgan fingerprint density at radius 3 is 2.45 bits per heavy atom. The molecule has 0 radical (unpaired) electrons. The normalized spacial score (nSPS) is 11.8. The van der Waals surface area contributed by atoms with E-state index in [1.165, 1.54) is 35.6 Å². The highest BCUT2D eigenvalue weighted by atomic mass is 32.2. The molecule has 0 aliphatic heterocycles. The standard InChI is InChI=1S/C14H15FN2O2S/c1-17(10-13-3-2-8-16-9-13)20(18,19)11-12-4-6-14(15)7-5-12/h2-9H,10-11H2,1H3. The summed E-state index contributed by atoms with van der Waals surface area (Å²) in [6, 6.07) is 9.04. The predicted molar refractivity (Wildman–Crippen MR) is 74.7 cm³/mol. The van der Waals surface area contributed by atoms with Crippen LogP contribution in [0.1, 0.15) is 11.1 Å². The van der Waals surface area contributed by atoms with E-state index in [4.69, 9.17) is 0 Å². The number of nitrogens with zero attached hydrogens (tertiary/aromatic N) is 2. The van der Waals surface area contributed by atoms with E-state index in [2.05, 4.69) is 4.98 Å². The molecule has 0 atom stereocenters. The lowest BCUT2D eigenvalue weighted by atomic mass is 10.2. The molecule has 0 aliphatic rings. The summed E-state index contributed by atoms with van der Waals surface area (Å²) >= 11 is 0. The number of aromatic nitrogens is 1. The third kappa shape index (κ3) is 3.85. The van der Waals surface area contributed by atoms with Crippen LogP contribution in [0.2, 0.25) is 0 Å². The van der Waals surface area contributed by atoms with Gasteiger partial charge in [-0.15, -0.1) is 0 Å². The van der Waals surface area contributed by atoms with Crippen molar-refractivity contribution in [3.05, 3.63) is 65.7 Å². The topological polar surface area (TPSA) is 50.3 Å². The molecule has 0 spiro atoms. The zero-order valence-electron chi connectivity index (χ0n) is 11.0. The van der Waals surface area contributed by atoms with E-state index >= 15 is 0 Å². The van der Waals surface area contributed by atoms with Crippen molar-refractivity contribution in [2.75, 3.05) is 7.05 Å². The monoisotopic (exact) mass is 294 g/mol. The van der Waals surface area contributed by atoms with Crippen LogP contribution in [-0.4, -0.2) is 24.8 Å². The fourth-order valence-corrected chi connectivity index (χ4v) is 2.93. The van der Waals surface area contributed by atoms with Crippen molar-refractivity contribution in [1.82, 2.24) is 9.29 Å². The lowest BCUT2D eigenvalue weighted by molar-refractivity contribution is 0.465. The highest BCUT2D eigenvalue weighted by Crippen LogP contribution is 2.13. The maximum absolute atomic E-state index is 12.8. The molecule has 2 rings (SSSR count).